The van der Waals surface area contributed by atoms with Crippen molar-refractivity contribution in [3.8, 4) is 0 Å². The monoisotopic (exact) mass is 404 g/mol. The van der Waals surface area contributed by atoms with Crippen LogP contribution < -0.4 is 5.56 Å². The fourth-order valence-corrected chi connectivity index (χ4v) is 3.53. The molecule has 0 amide bonds. The summed E-state index contributed by atoms with van der Waals surface area (Å²) < 4.78 is 28.6. The van der Waals surface area contributed by atoms with E-state index in [1.807, 2.05) is 24.3 Å². The Hall–Kier alpha value is -4.07. The van der Waals surface area contributed by atoms with Gasteiger partial charge in [-0.15, -0.1) is 0 Å². The molecule has 0 aliphatic rings. The Morgan fingerprint density at radius 3 is 2.70 bits per heavy atom. The zero-order valence-corrected chi connectivity index (χ0v) is 15.4. The second-order valence-electron chi connectivity index (χ2n) is 6.89. The smallest absolute Gasteiger partial charge is 0.275 e. The number of para-hydroxylation sites is 2. The predicted octanol–water partition coefficient (Wildman–Crippen LogP) is 3.76. The number of aromatic amines is 2. The summed E-state index contributed by atoms with van der Waals surface area (Å²) in [6.45, 7) is 0.221. The van der Waals surface area contributed by atoms with E-state index in [1.54, 1.807) is 12.3 Å². The molecule has 148 valence electrons. The predicted molar refractivity (Wildman–Crippen MR) is 108 cm³/mol. The highest BCUT2D eigenvalue weighted by Gasteiger charge is 2.20. The summed E-state index contributed by atoms with van der Waals surface area (Å²) in [7, 11) is 0. The Kier molecular flexibility index (Phi) is 4.06. The van der Waals surface area contributed by atoms with E-state index in [9.17, 15) is 18.4 Å². The highest BCUT2D eigenvalue weighted by molar-refractivity contribution is 6.16. The molecule has 0 saturated heterocycles. The quantitative estimate of drug-likeness (QED) is 0.448. The number of H-pyrrole nitrogens is 2. The van der Waals surface area contributed by atoms with Crippen LogP contribution in [0.1, 0.15) is 21.7 Å². The van der Waals surface area contributed by atoms with Gasteiger partial charge in [0.2, 0.25) is 0 Å². The fraction of sp³-hybridized carbons (Fsp3) is 0.0455. The van der Waals surface area contributed by atoms with Crippen molar-refractivity contribution in [3.05, 3.63) is 99.9 Å². The molecule has 0 saturated carbocycles. The minimum absolute atomic E-state index is 0.142. The summed E-state index contributed by atoms with van der Waals surface area (Å²) in [4.78, 5) is 36.1. The molecule has 3 aromatic heterocycles. The topological polar surface area (TPSA) is 83.5 Å². The van der Waals surface area contributed by atoms with Crippen LogP contribution in [0, 0.1) is 11.6 Å². The van der Waals surface area contributed by atoms with E-state index in [1.165, 1.54) is 10.8 Å². The van der Waals surface area contributed by atoms with Gasteiger partial charge in [0.25, 0.3) is 5.56 Å². The summed E-state index contributed by atoms with van der Waals surface area (Å²) >= 11 is 0. The number of fused-ring (bicyclic) bond motifs is 2. The number of hydrogen-bond donors (Lipinski definition) is 2. The molecule has 3 heterocycles. The van der Waals surface area contributed by atoms with E-state index in [0.29, 0.717) is 17.3 Å². The first-order chi connectivity index (χ1) is 14.5. The van der Waals surface area contributed by atoms with Gasteiger partial charge in [-0.05, 0) is 30.3 Å². The van der Waals surface area contributed by atoms with Crippen LogP contribution in [-0.2, 0) is 6.54 Å². The number of nitrogens with zero attached hydrogens (tertiary/aromatic N) is 2. The van der Waals surface area contributed by atoms with Crippen molar-refractivity contribution < 1.29 is 13.6 Å². The largest absolute Gasteiger partial charge is 0.356 e. The third-order valence-electron chi connectivity index (χ3n) is 5.00. The average molecular weight is 404 g/mol. The summed E-state index contributed by atoms with van der Waals surface area (Å²) in [6.07, 6.45) is 2.92. The molecular weight excluding hydrogens is 390 g/mol. The third-order valence-corrected chi connectivity index (χ3v) is 5.00. The molecule has 5 rings (SSSR count). The molecule has 0 fully saturated rings. The molecule has 8 heteroatoms. The first kappa shape index (κ1) is 18.0. The van der Waals surface area contributed by atoms with Crippen molar-refractivity contribution in [2.45, 2.75) is 6.54 Å². The van der Waals surface area contributed by atoms with Crippen LogP contribution in [0.5, 0.6) is 0 Å². The number of halogens is 2. The number of benzene rings is 2. The lowest BCUT2D eigenvalue weighted by atomic mass is 10.0. The van der Waals surface area contributed by atoms with Gasteiger partial charge in [0.15, 0.2) is 5.78 Å². The SMILES string of the molecule is O=C(c1ccc(F)cc1F)c1c[nH]c2c(=O)n(Cc3nc4ccccc4[nH]3)ccc12. The number of imidazole rings is 1. The molecule has 0 aliphatic heterocycles. The van der Waals surface area contributed by atoms with E-state index >= 15 is 0 Å². The number of aromatic nitrogens is 4. The molecule has 2 N–H and O–H groups in total. The van der Waals surface area contributed by atoms with E-state index in [2.05, 4.69) is 15.0 Å². The van der Waals surface area contributed by atoms with Gasteiger partial charge in [-0.2, -0.15) is 0 Å². The highest BCUT2D eigenvalue weighted by Crippen LogP contribution is 2.21. The van der Waals surface area contributed by atoms with Crippen LogP contribution >= 0.6 is 0 Å². The van der Waals surface area contributed by atoms with Gasteiger partial charge in [0.1, 0.15) is 23.0 Å². The summed E-state index contributed by atoms with van der Waals surface area (Å²) in [6, 6.07) is 11.9. The maximum atomic E-state index is 14.0. The van der Waals surface area contributed by atoms with Gasteiger partial charge in [-0.1, -0.05) is 12.1 Å². The Morgan fingerprint density at radius 2 is 1.90 bits per heavy atom. The Balaban J connectivity index is 1.53. The normalized spacial score (nSPS) is 11.4. The molecule has 0 radical (unpaired) electrons. The molecule has 0 bridgehead atoms. The number of pyridine rings is 1. The lowest BCUT2D eigenvalue weighted by Gasteiger charge is -2.05. The second kappa shape index (κ2) is 6.77. The van der Waals surface area contributed by atoms with Crippen LogP contribution in [0.4, 0.5) is 8.78 Å². The molecule has 30 heavy (non-hydrogen) atoms. The lowest BCUT2D eigenvalue weighted by molar-refractivity contribution is 0.103. The average Bonchev–Trinajstić information content (AvgIpc) is 3.33. The van der Waals surface area contributed by atoms with Gasteiger partial charge in [-0.3, -0.25) is 9.59 Å². The minimum Gasteiger partial charge on any atom is -0.356 e. The van der Waals surface area contributed by atoms with Crippen LogP contribution in [0.2, 0.25) is 0 Å². The maximum Gasteiger partial charge on any atom is 0.275 e. The third kappa shape index (κ3) is 2.89. The first-order valence-corrected chi connectivity index (χ1v) is 9.15. The maximum absolute atomic E-state index is 14.0. The zero-order chi connectivity index (χ0) is 20.8. The van der Waals surface area contributed by atoms with Crippen LogP contribution in [0.25, 0.3) is 21.9 Å². The number of nitrogens with one attached hydrogen (secondary N) is 2. The van der Waals surface area contributed by atoms with Crippen LogP contribution in [0.15, 0.2) is 65.7 Å². The molecular formula is C22H14F2N4O2. The number of carbonyl (C=O) groups is 1. The van der Waals surface area contributed by atoms with Gasteiger partial charge in [0, 0.05) is 29.4 Å². The van der Waals surface area contributed by atoms with Gasteiger partial charge in [-0.25, -0.2) is 13.8 Å². The fourth-order valence-electron chi connectivity index (χ4n) is 3.53. The van der Waals surface area contributed by atoms with Crippen molar-refractivity contribution in [3.63, 3.8) is 0 Å². The number of ketones is 1. The molecule has 0 spiro atoms. The number of carbonyl (C=O) groups excluding carboxylic acids is 1. The molecule has 0 aliphatic carbocycles. The van der Waals surface area contributed by atoms with Crippen LogP contribution in [0.3, 0.4) is 0 Å². The zero-order valence-electron chi connectivity index (χ0n) is 15.4. The Morgan fingerprint density at radius 1 is 1.07 bits per heavy atom. The van der Waals surface area contributed by atoms with Crippen molar-refractivity contribution in [2.24, 2.45) is 0 Å². The minimum atomic E-state index is -0.951. The van der Waals surface area contributed by atoms with Crippen molar-refractivity contribution in [2.75, 3.05) is 0 Å². The Bertz CT molecular complexity index is 1460. The van der Waals surface area contributed by atoms with Crippen molar-refractivity contribution >= 4 is 27.7 Å². The molecule has 5 aromatic rings. The van der Waals surface area contributed by atoms with Crippen molar-refractivity contribution in [1.29, 1.82) is 0 Å². The van der Waals surface area contributed by atoms with Gasteiger partial charge < -0.3 is 14.5 Å². The van der Waals surface area contributed by atoms with Gasteiger partial charge in [0.05, 0.1) is 23.1 Å². The van der Waals surface area contributed by atoms with E-state index in [0.717, 1.165) is 23.2 Å². The molecule has 6 nitrogen and oxygen atoms in total. The molecule has 0 unspecified atom stereocenters. The Labute approximate surface area is 167 Å². The number of hydrogen-bond acceptors (Lipinski definition) is 3. The molecule has 2 aromatic carbocycles. The van der Waals surface area contributed by atoms with E-state index < -0.39 is 17.4 Å². The van der Waals surface area contributed by atoms with Gasteiger partial charge >= 0.3 is 0 Å². The molecule has 0 atom stereocenters. The highest BCUT2D eigenvalue weighted by atomic mass is 19.1. The first-order valence-electron chi connectivity index (χ1n) is 9.15. The summed E-state index contributed by atoms with van der Waals surface area (Å²) in [5.41, 5.74) is 1.43. The standard InChI is InChI=1S/C22H14F2N4O2/c23-12-5-6-14(16(24)9-12)21(29)15-10-25-20-13(15)7-8-28(22(20)30)11-19-26-17-3-1-2-4-18(17)27-19/h1-10,25H,11H2,(H,26,27). The summed E-state index contributed by atoms with van der Waals surface area (Å²) in [5.74, 6) is -1.73. The summed E-state index contributed by atoms with van der Waals surface area (Å²) in [5, 5.41) is 0.370. The van der Waals surface area contributed by atoms with E-state index in [4.69, 9.17) is 0 Å². The second-order valence-corrected chi connectivity index (χ2v) is 6.89. The number of rotatable bonds is 4. The van der Waals surface area contributed by atoms with Crippen molar-refractivity contribution in [1.82, 2.24) is 19.5 Å². The van der Waals surface area contributed by atoms with E-state index in [-0.39, 0.29) is 28.7 Å². The van der Waals surface area contributed by atoms with Crippen LogP contribution in [-0.4, -0.2) is 25.3 Å². The lowest BCUT2D eigenvalue weighted by Crippen LogP contribution is -2.20.